The maximum Gasteiger partial charge on any atom is 0.287 e. The minimum absolute atomic E-state index is 0.0682. The molecule has 0 atom stereocenters. The molecule has 5 rings (SSSR count). The lowest BCUT2D eigenvalue weighted by Crippen LogP contribution is -2.32. The highest BCUT2D eigenvalue weighted by molar-refractivity contribution is 6.32. The van der Waals surface area contributed by atoms with Crippen LogP contribution in [-0.2, 0) is 4.79 Å². The highest BCUT2D eigenvalue weighted by Crippen LogP contribution is 2.33. The van der Waals surface area contributed by atoms with Crippen LogP contribution in [-0.4, -0.2) is 29.9 Å². The molecule has 1 aliphatic rings. The Morgan fingerprint density at radius 3 is 2.49 bits per heavy atom. The summed E-state index contributed by atoms with van der Waals surface area (Å²) in [6, 6.07) is 25.1. The number of halogens is 1. The second-order valence-corrected chi connectivity index (χ2v) is 8.99. The van der Waals surface area contributed by atoms with Crippen LogP contribution in [0.25, 0.3) is 6.08 Å². The third-order valence-electron chi connectivity index (χ3n) is 5.74. The van der Waals surface area contributed by atoms with Gasteiger partial charge in [0.05, 0.1) is 16.9 Å². The number of amides is 2. The van der Waals surface area contributed by atoms with Gasteiger partial charge >= 0.3 is 0 Å². The van der Waals surface area contributed by atoms with E-state index >= 15 is 0 Å². The second kappa shape index (κ2) is 12.6. The molecule has 1 heterocycles. The lowest BCUT2D eigenvalue weighted by Gasteiger charge is -2.09. The van der Waals surface area contributed by atoms with Crippen molar-refractivity contribution in [3.05, 3.63) is 118 Å². The number of hydrogen-bond acceptors (Lipinski definition) is 8. The Balaban J connectivity index is 1.34. The van der Waals surface area contributed by atoms with Crippen molar-refractivity contribution in [3.8, 4) is 17.2 Å². The summed E-state index contributed by atoms with van der Waals surface area (Å²) in [5.74, 6) is -0.163. The van der Waals surface area contributed by atoms with Gasteiger partial charge in [-0.2, -0.15) is 10.2 Å². The first-order chi connectivity index (χ1) is 20.0. The lowest BCUT2D eigenvalue weighted by molar-refractivity contribution is -0.117. The number of azo groups is 1. The third-order valence-corrected chi connectivity index (χ3v) is 6.06. The number of nitrogens with one attached hydrogen (secondary N) is 2. The number of hydrogen-bond donors (Lipinski definition) is 3. The first-order valence-electron chi connectivity index (χ1n) is 12.3. The minimum atomic E-state index is -0.697. The van der Waals surface area contributed by atoms with Crippen LogP contribution in [0.4, 0.5) is 11.4 Å². The van der Waals surface area contributed by atoms with E-state index in [-0.39, 0.29) is 23.8 Å². The fraction of sp³-hybridized carbons (Fsp3) is 0.0333. The van der Waals surface area contributed by atoms with Crippen LogP contribution in [0, 0.1) is 0 Å². The van der Waals surface area contributed by atoms with Crippen molar-refractivity contribution < 1.29 is 24.2 Å². The highest BCUT2D eigenvalue weighted by atomic mass is 35.5. The maximum atomic E-state index is 13.1. The summed E-state index contributed by atoms with van der Waals surface area (Å²) in [5.41, 5.74) is 4.46. The number of rotatable bonds is 8. The number of aromatic hydroxyl groups is 1. The number of phenols is 1. The molecule has 4 aromatic carbocycles. The average molecular weight is 568 g/mol. The van der Waals surface area contributed by atoms with E-state index in [9.17, 15) is 14.7 Å². The number of carbonyl (C=O) groups is 2. The van der Waals surface area contributed by atoms with Gasteiger partial charge < -0.3 is 19.9 Å². The minimum Gasteiger partial charge on any atom is -0.507 e. The third kappa shape index (κ3) is 6.94. The van der Waals surface area contributed by atoms with Crippen LogP contribution >= 0.6 is 11.6 Å². The van der Waals surface area contributed by atoms with Crippen molar-refractivity contribution in [2.24, 2.45) is 15.3 Å². The van der Waals surface area contributed by atoms with Crippen molar-refractivity contribution in [3.63, 3.8) is 0 Å². The van der Waals surface area contributed by atoms with Crippen molar-refractivity contribution in [1.82, 2.24) is 10.7 Å². The van der Waals surface area contributed by atoms with Crippen LogP contribution in [0.1, 0.15) is 21.5 Å². The quantitative estimate of drug-likeness (QED) is 0.102. The SMILES string of the molecule is O=C(N/N=C/c1cc(N=Nc2ccccc2Cl)ccc1O)/C(=C/c1ccc2c(c1)OCO2)NC(=O)c1ccccc1. The van der Waals surface area contributed by atoms with Crippen LogP contribution in [0.3, 0.4) is 0 Å². The Labute approximate surface area is 239 Å². The summed E-state index contributed by atoms with van der Waals surface area (Å²) in [6.07, 6.45) is 2.74. The molecule has 0 aliphatic carbocycles. The highest BCUT2D eigenvalue weighted by Gasteiger charge is 2.17. The summed E-state index contributed by atoms with van der Waals surface area (Å²) in [5, 5.41) is 25.6. The zero-order chi connectivity index (χ0) is 28.6. The van der Waals surface area contributed by atoms with Gasteiger partial charge in [0, 0.05) is 11.1 Å². The number of benzene rings is 4. The molecule has 0 aromatic heterocycles. The Morgan fingerprint density at radius 1 is 0.878 bits per heavy atom. The van der Waals surface area contributed by atoms with Crippen molar-refractivity contribution >= 4 is 47.1 Å². The summed E-state index contributed by atoms with van der Waals surface area (Å²) in [4.78, 5) is 25.9. The first kappa shape index (κ1) is 27.1. The molecule has 4 aromatic rings. The van der Waals surface area contributed by atoms with Crippen LogP contribution in [0.2, 0.25) is 5.02 Å². The molecule has 0 saturated carbocycles. The van der Waals surface area contributed by atoms with Crippen molar-refractivity contribution in [2.45, 2.75) is 0 Å². The van der Waals surface area contributed by atoms with Crippen LogP contribution in [0.15, 0.2) is 112 Å². The van der Waals surface area contributed by atoms with Gasteiger partial charge in [-0.3, -0.25) is 9.59 Å². The normalized spacial score (nSPS) is 12.6. The molecule has 0 fully saturated rings. The molecule has 0 saturated heterocycles. The Bertz CT molecular complexity index is 1690. The standard InChI is InChI=1S/C30H22ClN5O5/c31-23-8-4-5-9-24(23)35-34-22-11-12-26(37)21(16-22)17-32-36-30(39)25(33-29(38)20-6-2-1-3-7-20)14-19-10-13-27-28(15-19)41-18-40-27/h1-17,37H,18H2,(H,33,38)(H,36,39)/b25-14-,32-17+,35-34?. The van der Waals surface area contributed by atoms with Gasteiger partial charge in [0.1, 0.15) is 17.1 Å². The lowest BCUT2D eigenvalue weighted by atomic mass is 10.1. The van der Waals surface area contributed by atoms with Gasteiger partial charge in [-0.05, 0) is 66.2 Å². The molecule has 2 amide bonds. The van der Waals surface area contributed by atoms with E-state index < -0.39 is 11.8 Å². The molecule has 10 nitrogen and oxygen atoms in total. The molecule has 0 bridgehead atoms. The Morgan fingerprint density at radius 2 is 1.66 bits per heavy atom. The predicted octanol–water partition coefficient (Wildman–Crippen LogP) is 6.11. The number of phenolic OH excluding ortho intramolecular Hbond substituents is 1. The Kier molecular flexibility index (Phi) is 8.32. The van der Waals surface area contributed by atoms with Gasteiger partial charge in [-0.25, -0.2) is 5.43 Å². The van der Waals surface area contributed by atoms with Crippen molar-refractivity contribution in [2.75, 3.05) is 6.79 Å². The van der Waals surface area contributed by atoms with E-state index in [2.05, 4.69) is 26.1 Å². The first-order valence-corrected chi connectivity index (χ1v) is 12.6. The number of fused-ring (bicyclic) bond motifs is 1. The average Bonchev–Trinajstić information content (AvgIpc) is 3.46. The van der Waals surface area contributed by atoms with E-state index in [1.165, 1.54) is 24.4 Å². The van der Waals surface area contributed by atoms with E-state index in [0.29, 0.717) is 39.0 Å². The van der Waals surface area contributed by atoms with Crippen LogP contribution in [0.5, 0.6) is 17.2 Å². The van der Waals surface area contributed by atoms with Crippen LogP contribution < -0.4 is 20.2 Å². The topological polar surface area (TPSA) is 134 Å². The zero-order valence-corrected chi connectivity index (χ0v) is 22.1. The monoisotopic (exact) mass is 567 g/mol. The number of hydrazone groups is 1. The molecule has 1 aliphatic heterocycles. The fourth-order valence-corrected chi connectivity index (χ4v) is 3.86. The molecule has 0 unspecified atom stereocenters. The smallest absolute Gasteiger partial charge is 0.287 e. The van der Waals surface area contributed by atoms with Gasteiger partial charge in [-0.15, -0.1) is 5.11 Å². The summed E-state index contributed by atoms with van der Waals surface area (Å²) in [6.45, 7) is 0.102. The van der Waals surface area contributed by atoms with E-state index in [0.717, 1.165) is 0 Å². The molecule has 0 radical (unpaired) electrons. The van der Waals surface area contributed by atoms with Gasteiger partial charge in [0.2, 0.25) is 6.79 Å². The van der Waals surface area contributed by atoms with E-state index in [1.807, 2.05) is 0 Å². The molecule has 11 heteroatoms. The van der Waals surface area contributed by atoms with Gasteiger partial charge in [0.15, 0.2) is 11.5 Å². The molecular weight excluding hydrogens is 546 g/mol. The Hall–Kier alpha value is -5.48. The molecule has 0 spiro atoms. The largest absolute Gasteiger partial charge is 0.507 e. The molecular formula is C30H22ClN5O5. The zero-order valence-electron chi connectivity index (χ0n) is 21.3. The van der Waals surface area contributed by atoms with E-state index in [1.54, 1.807) is 78.9 Å². The molecule has 3 N–H and O–H groups in total. The summed E-state index contributed by atoms with van der Waals surface area (Å²) >= 11 is 6.12. The summed E-state index contributed by atoms with van der Waals surface area (Å²) < 4.78 is 10.7. The second-order valence-electron chi connectivity index (χ2n) is 8.58. The number of carbonyl (C=O) groups excluding carboxylic acids is 2. The fourth-order valence-electron chi connectivity index (χ4n) is 3.68. The molecule has 204 valence electrons. The number of nitrogens with zero attached hydrogens (tertiary/aromatic N) is 3. The maximum absolute atomic E-state index is 13.1. The predicted molar refractivity (Wildman–Crippen MR) is 154 cm³/mol. The van der Waals surface area contributed by atoms with Crippen molar-refractivity contribution in [1.29, 1.82) is 0 Å². The van der Waals surface area contributed by atoms with E-state index in [4.69, 9.17) is 21.1 Å². The number of ether oxygens (including phenoxy) is 2. The molecule has 41 heavy (non-hydrogen) atoms. The van der Waals surface area contributed by atoms with Gasteiger partial charge in [-0.1, -0.05) is 48.0 Å². The summed E-state index contributed by atoms with van der Waals surface area (Å²) in [7, 11) is 0. The van der Waals surface area contributed by atoms with Gasteiger partial charge in [0.25, 0.3) is 11.8 Å².